The van der Waals surface area contributed by atoms with E-state index in [0.29, 0.717) is 28.5 Å². The highest BCUT2D eigenvalue weighted by Gasteiger charge is 2.31. The SMILES string of the molecule is CC(=O)OC1c2ccncc2Oc2nc(-c3ccc(C(C)=O)cc3)ccc21. The fourth-order valence-corrected chi connectivity index (χ4v) is 3.03. The number of aromatic nitrogens is 2. The van der Waals surface area contributed by atoms with E-state index in [2.05, 4.69) is 9.97 Å². The van der Waals surface area contributed by atoms with E-state index in [1.165, 1.54) is 13.8 Å². The van der Waals surface area contributed by atoms with E-state index in [1.807, 2.05) is 24.3 Å². The maximum Gasteiger partial charge on any atom is 0.303 e. The second kappa shape index (κ2) is 6.64. The van der Waals surface area contributed by atoms with E-state index in [-0.39, 0.29) is 11.8 Å². The average molecular weight is 360 g/mol. The van der Waals surface area contributed by atoms with Gasteiger partial charge in [0.1, 0.15) is 0 Å². The predicted octanol–water partition coefficient (Wildman–Crippen LogP) is 4.10. The lowest BCUT2D eigenvalue weighted by molar-refractivity contribution is -0.145. The molecule has 0 spiro atoms. The van der Waals surface area contributed by atoms with Crippen molar-refractivity contribution in [2.45, 2.75) is 20.0 Å². The lowest BCUT2D eigenvalue weighted by Gasteiger charge is -2.26. The van der Waals surface area contributed by atoms with Gasteiger partial charge in [-0.3, -0.25) is 14.6 Å². The number of pyridine rings is 2. The monoisotopic (exact) mass is 360 g/mol. The van der Waals surface area contributed by atoms with Gasteiger partial charge in [0.05, 0.1) is 17.5 Å². The molecule has 1 aromatic carbocycles. The van der Waals surface area contributed by atoms with Crippen molar-refractivity contribution in [2.75, 3.05) is 0 Å². The Kier molecular flexibility index (Phi) is 4.16. The lowest BCUT2D eigenvalue weighted by Crippen LogP contribution is -2.16. The van der Waals surface area contributed by atoms with E-state index >= 15 is 0 Å². The number of rotatable bonds is 3. The maximum atomic E-state index is 11.6. The zero-order valence-corrected chi connectivity index (χ0v) is 14.8. The van der Waals surface area contributed by atoms with Gasteiger partial charge in [-0.2, -0.15) is 0 Å². The Morgan fingerprint density at radius 1 is 1.00 bits per heavy atom. The molecule has 134 valence electrons. The van der Waals surface area contributed by atoms with Crippen LogP contribution in [-0.4, -0.2) is 21.7 Å². The maximum absolute atomic E-state index is 11.6. The number of ketones is 1. The summed E-state index contributed by atoms with van der Waals surface area (Å²) in [5, 5.41) is 0. The molecule has 0 saturated carbocycles. The molecule has 1 atom stereocenters. The van der Waals surface area contributed by atoms with Crippen molar-refractivity contribution < 1.29 is 19.1 Å². The van der Waals surface area contributed by atoms with Gasteiger partial charge in [0.15, 0.2) is 17.6 Å². The summed E-state index contributed by atoms with van der Waals surface area (Å²) in [7, 11) is 0. The number of ether oxygens (including phenoxy) is 2. The summed E-state index contributed by atoms with van der Waals surface area (Å²) >= 11 is 0. The number of Topliss-reactive ketones (excluding diaryl/α,β-unsaturated/α-hetero) is 1. The average Bonchev–Trinajstić information content (AvgIpc) is 2.67. The summed E-state index contributed by atoms with van der Waals surface area (Å²) in [6.45, 7) is 2.90. The molecule has 4 rings (SSSR count). The Balaban J connectivity index is 1.75. The summed E-state index contributed by atoms with van der Waals surface area (Å²) in [6.07, 6.45) is 2.61. The number of hydrogen-bond donors (Lipinski definition) is 0. The van der Waals surface area contributed by atoms with Crippen LogP contribution < -0.4 is 4.74 Å². The predicted molar refractivity (Wildman–Crippen MR) is 97.6 cm³/mol. The molecule has 27 heavy (non-hydrogen) atoms. The third-order valence-electron chi connectivity index (χ3n) is 4.35. The smallest absolute Gasteiger partial charge is 0.303 e. The summed E-state index contributed by atoms with van der Waals surface area (Å²) in [5.41, 5.74) is 3.59. The number of nitrogens with zero attached hydrogens (tertiary/aromatic N) is 2. The third-order valence-corrected chi connectivity index (χ3v) is 4.35. The molecule has 1 unspecified atom stereocenters. The summed E-state index contributed by atoms with van der Waals surface area (Å²) in [4.78, 5) is 31.7. The molecule has 3 heterocycles. The molecule has 0 radical (unpaired) electrons. The van der Waals surface area contributed by atoms with Gasteiger partial charge in [0.2, 0.25) is 5.88 Å². The summed E-state index contributed by atoms with van der Waals surface area (Å²) in [6, 6.07) is 12.7. The molecule has 0 aliphatic carbocycles. The van der Waals surface area contributed by atoms with Crippen LogP contribution in [0.1, 0.15) is 41.4 Å². The first-order chi connectivity index (χ1) is 13.0. The standard InChI is InChI=1S/C21H16N2O4/c1-12(24)14-3-5-15(6-4-14)18-8-7-17-20(26-13(2)25)16-9-10-22-11-19(16)27-21(17)23-18/h3-11,20H,1-2H3. The highest BCUT2D eigenvalue weighted by molar-refractivity contribution is 5.94. The normalized spacial score (nSPS) is 14.5. The minimum absolute atomic E-state index is 0.0108. The van der Waals surface area contributed by atoms with Gasteiger partial charge < -0.3 is 9.47 Å². The van der Waals surface area contributed by atoms with Crippen molar-refractivity contribution in [1.29, 1.82) is 0 Å². The van der Waals surface area contributed by atoms with Gasteiger partial charge in [-0.1, -0.05) is 24.3 Å². The van der Waals surface area contributed by atoms with Crippen molar-refractivity contribution in [3.63, 3.8) is 0 Å². The van der Waals surface area contributed by atoms with Crippen LogP contribution in [0.2, 0.25) is 0 Å². The first-order valence-electron chi connectivity index (χ1n) is 8.44. The minimum atomic E-state index is -0.592. The molecule has 0 fully saturated rings. The van der Waals surface area contributed by atoms with Gasteiger partial charge in [-0.25, -0.2) is 4.98 Å². The molecule has 6 heteroatoms. The molecular formula is C21H16N2O4. The molecule has 0 bridgehead atoms. The van der Waals surface area contributed by atoms with Gasteiger partial charge in [0.25, 0.3) is 0 Å². The Labute approximate surface area is 155 Å². The molecule has 6 nitrogen and oxygen atoms in total. The molecule has 3 aromatic rings. The van der Waals surface area contributed by atoms with E-state index in [4.69, 9.17) is 9.47 Å². The minimum Gasteiger partial charge on any atom is -0.452 e. The molecule has 1 aliphatic heterocycles. The first-order valence-corrected chi connectivity index (χ1v) is 8.44. The van der Waals surface area contributed by atoms with Crippen molar-refractivity contribution in [2.24, 2.45) is 0 Å². The van der Waals surface area contributed by atoms with Gasteiger partial charge in [0, 0.05) is 29.8 Å². The van der Waals surface area contributed by atoms with Crippen molar-refractivity contribution in [3.05, 3.63) is 71.5 Å². The Hall–Kier alpha value is -3.54. The van der Waals surface area contributed by atoms with Crippen molar-refractivity contribution in [3.8, 4) is 22.9 Å². The first kappa shape index (κ1) is 16.9. The second-order valence-corrected chi connectivity index (χ2v) is 6.23. The van der Waals surface area contributed by atoms with E-state index in [0.717, 1.165) is 11.1 Å². The van der Waals surface area contributed by atoms with Crippen LogP contribution in [0.15, 0.2) is 54.9 Å². The molecule has 0 amide bonds. The molecule has 0 N–H and O–H groups in total. The number of hydrogen-bond acceptors (Lipinski definition) is 6. The van der Waals surface area contributed by atoms with E-state index in [1.54, 1.807) is 30.6 Å². The third kappa shape index (κ3) is 3.17. The van der Waals surface area contributed by atoms with Crippen LogP contribution in [0, 0.1) is 0 Å². The van der Waals surface area contributed by atoms with Gasteiger partial charge >= 0.3 is 5.97 Å². The topological polar surface area (TPSA) is 78.4 Å². The lowest BCUT2D eigenvalue weighted by atomic mass is 9.99. The summed E-state index contributed by atoms with van der Waals surface area (Å²) in [5.74, 6) is 0.499. The van der Waals surface area contributed by atoms with Crippen LogP contribution in [0.25, 0.3) is 11.3 Å². The molecule has 2 aromatic heterocycles. The number of carbonyl (C=O) groups excluding carboxylic acids is 2. The summed E-state index contributed by atoms with van der Waals surface area (Å²) < 4.78 is 11.4. The highest BCUT2D eigenvalue weighted by atomic mass is 16.5. The van der Waals surface area contributed by atoms with Crippen LogP contribution in [0.5, 0.6) is 11.6 Å². The Morgan fingerprint density at radius 3 is 2.48 bits per heavy atom. The molecule has 0 saturated heterocycles. The fourth-order valence-electron chi connectivity index (χ4n) is 3.03. The number of esters is 1. The van der Waals surface area contributed by atoms with Crippen LogP contribution in [-0.2, 0) is 9.53 Å². The van der Waals surface area contributed by atoms with Gasteiger partial charge in [-0.05, 0) is 25.1 Å². The zero-order chi connectivity index (χ0) is 19.0. The van der Waals surface area contributed by atoms with E-state index in [9.17, 15) is 9.59 Å². The molecule has 1 aliphatic rings. The zero-order valence-electron chi connectivity index (χ0n) is 14.8. The van der Waals surface area contributed by atoms with Crippen molar-refractivity contribution >= 4 is 11.8 Å². The Morgan fingerprint density at radius 2 is 1.78 bits per heavy atom. The Bertz CT molecular complexity index is 1040. The quantitative estimate of drug-likeness (QED) is 0.517. The van der Waals surface area contributed by atoms with Crippen LogP contribution in [0.4, 0.5) is 0 Å². The van der Waals surface area contributed by atoms with Crippen molar-refractivity contribution in [1.82, 2.24) is 9.97 Å². The largest absolute Gasteiger partial charge is 0.452 e. The van der Waals surface area contributed by atoms with Crippen LogP contribution >= 0.6 is 0 Å². The number of fused-ring (bicyclic) bond motifs is 2. The van der Waals surface area contributed by atoms with E-state index < -0.39 is 6.10 Å². The highest BCUT2D eigenvalue weighted by Crippen LogP contribution is 2.44. The second-order valence-electron chi connectivity index (χ2n) is 6.23. The molecular weight excluding hydrogens is 344 g/mol. The number of carbonyl (C=O) groups is 2. The fraction of sp³-hybridized carbons (Fsp3) is 0.143. The van der Waals surface area contributed by atoms with Gasteiger partial charge in [-0.15, -0.1) is 0 Å². The number of benzene rings is 1. The van der Waals surface area contributed by atoms with Crippen LogP contribution in [0.3, 0.4) is 0 Å².